The Morgan fingerprint density at radius 3 is 2.00 bits per heavy atom. The Labute approximate surface area is 64.1 Å². The Morgan fingerprint density at radius 2 is 1.70 bits per heavy atom. The first-order valence-corrected chi connectivity index (χ1v) is 3.90. The first-order chi connectivity index (χ1) is 4.52. The van der Waals surface area contributed by atoms with Gasteiger partial charge in [-0.2, -0.15) is 5.06 Å². The molecule has 2 nitrogen and oxygen atoms in total. The normalized spacial score (nSPS) is 12.0. The fourth-order valence-corrected chi connectivity index (χ4v) is 0.917. The van der Waals surface area contributed by atoms with Crippen LogP contribution in [0.4, 0.5) is 0 Å². The summed E-state index contributed by atoms with van der Waals surface area (Å²) in [6, 6.07) is 0. The molecule has 0 saturated carbocycles. The van der Waals surface area contributed by atoms with Crippen molar-refractivity contribution < 1.29 is 4.84 Å². The van der Waals surface area contributed by atoms with E-state index in [4.69, 9.17) is 4.84 Å². The van der Waals surface area contributed by atoms with Gasteiger partial charge in [-0.05, 0) is 19.8 Å². The van der Waals surface area contributed by atoms with Crippen molar-refractivity contribution in [2.75, 3.05) is 13.6 Å². The van der Waals surface area contributed by atoms with E-state index in [9.17, 15) is 0 Å². The van der Waals surface area contributed by atoms with E-state index >= 15 is 0 Å². The van der Waals surface area contributed by atoms with E-state index in [0.29, 0.717) is 12.0 Å². The van der Waals surface area contributed by atoms with Gasteiger partial charge >= 0.3 is 0 Å². The second-order valence-electron chi connectivity index (χ2n) is 3.36. The SMILES string of the molecule is CC(C)CN(C)OC(C)C. The van der Waals surface area contributed by atoms with Gasteiger partial charge in [0.2, 0.25) is 0 Å². The Kier molecular flexibility index (Phi) is 4.65. The topological polar surface area (TPSA) is 12.5 Å². The van der Waals surface area contributed by atoms with Gasteiger partial charge in [-0.15, -0.1) is 0 Å². The maximum atomic E-state index is 5.39. The van der Waals surface area contributed by atoms with Crippen molar-refractivity contribution in [3.8, 4) is 0 Å². The van der Waals surface area contributed by atoms with Gasteiger partial charge in [-0.3, -0.25) is 4.84 Å². The van der Waals surface area contributed by atoms with Crippen LogP contribution in [-0.2, 0) is 4.84 Å². The number of rotatable bonds is 4. The van der Waals surface area contributed by atoms with Crippen LogP contribution in [0.5, 0.6) is 0 Å². The van der Waals surface area contributed by atoms with Crippen LogP contribution in [-0.4, -0.2) is 24.8 Å². The Morgan fingerprint density at radius 1 is 1.20 bits per heavy atom. The number of hydrogen-bond acceptors (Lipinski definition) is 2. The first kappa shape index (κ1) is 9.92. The summed E-state index contributed by atoms with van der Waals surface area (Å²) in [5, 5.41) is 1.90. The van der Waals surface area contributed by atoms with Gasteiger partial charge in [0.1, 0.15) is 0 Å². The Bertz CT molecular complexity index is 71.3. The maximum absolute atomic E-state index is 5.39. The third kappa shape index (κ3) is 6.05. The van der Waals surface area contributed by atoms with Crippen LogP contribution in [0, 0.1) is 5.92 Å². The van der Waals surface area contributed by atoms with E-state index in [1.54, 1.807) is 0 Å². The van der Waals surface area contributed by atoms with E-state index in [1.807, 2.05) is 26.0 Å². The minimum atomic E-state index is 0.295. The molecule has 0 aromatic carbocycles. The number of hydrogen-bond donors (Lipinski definition) is 0. The Hall–Kier alpha value is -0.0800. The lowest BCUT2D eigenvalue weighted by atomic mass is 10.2. The van der Waals surface area contributed by atoms with E-state index in [0.717, 1.165) is 6.54 Å². The molecular formula is C8H19NO. The van der Waals surface area contributed by atoms with E-state index in [2.05, 4.69) is 13.8 Å². The smallest absolute Gasteiger partial charge is 0.0736 e. The summed E-state index contributed by atoms with van der Waals surface area (Å²) in [7, 11) is 1.97. The van der Waals surface area contributed by atoms with Crippen molar-refractivity contribution >= 4 is 0 Å². The molecule has 0 atom stereocenters. The second kappa shape index (κ2) is 4.69. The van der Waals surface area contributed by atoms with Gasteiger partial charge in [0.15, 0.2) is 0 Å². The van der Waals surface area contributed by atoms with Gasteiger partial charge < -0.3 is 0 Å². The van der Waals surface area contributed by atoms with Crippen LogP contribution < -0.4 is 0 Å². The van der Waals surface area contributed by atoms with Crippen molar-refractivity contribution in [1.29, 1.82) is 0 Å². The van der Waals surface area contributed by atoms with E-state index < -0.39 is 0 Å². The molecule has 2 heteroatoms. The molecule has 0 spiro atoms. The first-order valence-electron chi connectivity index (χ1n) is 3.90. The summed E-state index contributed by atoms with van der Waals surface area (Å²) in [6.45, 7) is 9.44. The van der Waals surface area contributed by atoms with Crippen molar-refractivity contribution in [1.82, 2.24) is 5.06 Å². The minimum Gasteiger partial charge on any atom is -0.297 e. The highest BCUT2D eigenvalue weighted by molar-refractivity contribution is 4.45. The van der Waals surface area contributed by atoms with Crippen LogP contribution in [0.1, 0.15) is 27.7 Å². The van der Waals surface area contributed by atoms with Crippen LogP contribution >= 0.6 is 0 Å². The van der Waals surface area contributed by atoms with Crippen molar-refractivity contribution in [2.24, 2.45) is 5.92 Å². The van der Waals surface area contributed by atoms with Crippen LogP contribution in [0.2, 0.25) is 0 Å². The van der Waals surface area contributed by atoms with Gasteiger partial charge in [0.05, 0.1) is 6.10 Å². The van der Waals surface area contributed by atoms with Crippen LogP contribution in [0.3, 0.4) is 0 Å². The highest BCUT2D eigenvalue weighted by Gasteiger charge is 2.02. The highest BCUT2D eigenvalue weighted by Crippen LogP contribution is 1.98. The second-order valence-corrected chi connectivity index (χ2v) is 3.36. The molecule has 0 bridgehead atoms. The number of hydroxylamine groups is 2. The van der Waals surface area contributed by atoms with Crippen molar-refractivity contribution in [3.05, 3.63) is 0 Å². The van der Waals surface area contributed by atoms with Crippen LogP contribution in [0.15, 0.2) is 0 Å². The summed E-state index contributed by atoms with van der Waals surface area (Å²) in [6.07, 6.45) is 0.295. The predicted molar refractivity (Wildman–Crippen MR) is 43.7 cm³/mol. The molecule has 0 radical (unpaired) electrons. The summed E-state index contributed by atoms with van der Waals surface area (Å²) < 4.78 is 0. The summed E-state index contributed by atoms with van der Waals surface area (Å²) >= 11 is 0. The van der Waals surface area contributed by atoms with Crippen molar-refractivity contribution in [3.63, 3.8) is 0 Å². The molecule has 0 aliphatic carbocycles. The van der Waals surface area contributed by atoms with Gasteiger partial charge in [0, 0.05) is 13.6 Å². The monoisotopic (exact) mass is 145 g/mol. The van der Waals surface area contributed by atoms with Gasteiger partial charge in [0.25, 0.3) is 0 Å². The van der Waals surface area contributed by atoms with E-state index in [-0.39, 0.29) is 0 Å². The molecule has 0 rings (SSSR count). The van der Waals surface area contributed by atoms with Gasteiger partial charge in [-0.25, -0.2) is 0 Å². The lowest BCUT2D eigenvalue weighted by Crippen LogP contribution is -2.26. The van der Waals surface area contributed by atoms with E-state index in [1.165, 1.54) is 0 Å². The molecule has 0 aromatic rings. The molecule has 0 fully saturated rings. The number of nitrogens with zero attached hydrogens (tertiary/aromatic N) is 1. The molecule has 0 saturated heterocycles. The lowest BCUT2D eigenvalue weighted by Gasteiger charge is -2.20. The quantitative estimate of drug-likeness (QED) is 0.560. The summed E-state index contributed by atoms with van der Waals surface area (Å²) in [4.78, 5) is 5.39. The molecule has 0 unspecified atom stereocenters. The fourth-order valence-electron chi connectivity index (χ4n) is 0.917. The Balaban J connectivity index is 3.34. The highest BCUT2D eigenvalue weighted by atomic mass is 16.7. The standard InChI is InChI=1S/C8H19NO/c1-7(2)6-9(5)10-8(3)4/h7-8H,6H2,1-5H3. The largest absolute Gasteiger partial charge is 0.297 e. The summed E-state index contributed by atoms with van der Waals surface area (Å²) in [5.41, 5.74) is 0. The van der Waals surface area contributed by atoms with Crippen molar-refractivity contribution in [2.45, 2.75) is 33.8 Å². The zero-order chi connectivity index (χ0) is 8.15. The molecule has 0 amide bonds. The molecule has 0 heterocycles. The third-order valence-electron chi connectivity index (χ3n) is 1.01. The zero-order valence-electron chi connectivity index (χ0n) is 7.72. The van der Waals surface area contributed by atoms with Crippen LogP contribution in [0.25, 0.3) is 0 Å². The summed E-state index contributed by atoms with van der Waals surface area (Å²) in [5.74, 6) is 0.670. The average molecular weight is 145 g/mol. The molecule has 0 aliphatic heterocycles. The molecule has 0 N–H and O–H groups in total. The maximum Gasteiger partial charge on any atom is 0.0736 e. The average Bonchev–Trinajstić information content (AvgIpc) is 1.58. The molecule has 10 heavy (non-hydrogen) atoms. The minimum absolute atomic E-state index is 0.295. The molecule has 0 aromatic heterocycles. The molecule has 62 valence electrons. The predicted octanol–water partition coefficient (Wildman–Crippen LogP) is 1.91. The van der Waals surface area contributed by atoms with Gasteiger partial charge in [-0.1, -0.05) is 13.8 Å². The third-order valence-corrected chi connectivity index (χ3v) is 1.01. The lowest BCUT2D eigenvalue weighted by molar-refractivity contribution is -0.174. The fraction of sp³-hybridized carbons (Fsp3) is 1.00. The zero-order valence-corrected chi connectivity index (χ0v) is 7.72. The molecular weight excluding hydrogens is 126 g/mol. The molecule has 0 aliphatic rings.